The van der Waals surface area contributed by atoms with Crippen molar-refractivity contribution in [2.75, 3.05) is 38.7 Å². The standard InChI is InChI=1S/C31H41N5O12S3Si/c1-5-46-52(47-6-2,48-7-3)18-8-15-32-16-17-49(38,39)26-12-10-25(11-13-26)36-31(37)30(22(4)35-36)34-33-24-9-14-28-23(19-24)20-27(50(40,41)42)21-29(28)51(43,44)45/h9-14,19-21,32,37H,5-8,15-18H2,1-4H3,(H,40,41,42)(H,43,44,45)/b34-33+. The van der Waals surface area contributed by atoms with Crippen LogP contribution in [0.1, 0.15) is 32.9 Å². The molecule has 17 nitrogen and oxygen atoms in total. The van der Waals surface area contributed by atoms with E-state index in [1.165, 1.54) is 42.5 Å². The van der Waals surface area contributed by atoms with E-state index in [2.05, 4.69) is 20.6 Å². The molecule has 4 rings (SSSR count). The molecule has 52 heavy (non-hydrogen) atoms. The van der Waals surface area contributed by atoms with Gasteiger partial charge in [-0.05, 0) is 94.6 Å². The van der Waals surface area contributed by atoms with Crippen LogP contribution in [0.15, 0.2) is 79.5 Å². The molecule has 0 spiro atoms. The van der Waals surface area contributed by atoms with Crippen LogP contribution >= 0.6 is 0 Å². The van der Waals surface area contributed by atoms with Crippen LogP contribution in [0, 0.1) is 6.92 Å². The third kappa shape index (κ3) is 10.1. The van der Waals surface area contributed by atoms with Gasteiger partial charge in [0.2, 0.25) is 5.88 Å². The maximum absolute atomic E-state index is 13.0. The molecule has 0 saturated carbocycles. The van der Waals surface area contributed by atoms with Gasteiger partial charge in [0, 0.05) is 37.8 Å². The molecule has 0 aliphatic carbocycles. The van der Waals surface area contributed by atoms with Gasteiger partial charge in [-0.15, -0.1) is 5.11 Å². The first kappa shape index (κ1) is 41.1. The molecule has 0 atom stereocenters. The minimum atomic E-state index is -4.86. The first-order chi connectivity index (χ1) is 24.4. The van der Waals surface area contributed by atoms with E-state index in [9.17, 15) is 39.5 Å². The molecule has 3 aromatic carbocycles. The van der Waals surface area contributed by atoms with Gasteiger partial charge >= 0.3 is 8.80 Å². The summed E-state index contributed by atoms with van der Waals surface area (Å²) in [7, 11) is -16.1. The van der Waals surface area contributed by atoms with E-state index in [0.717, 1.165) is 10.7 Å². The Labute approximate surface area is 303 Å². The smallest absolute Gasteiger partial charge is 0.492 e. The van der Waals surface area contributed by atoms with Crippen LogP contribution in [0.3, 0.4) is 0 Å². The predicted molar refractivity (Wildman–Crippen MR) is 193 cm³/mol. The molecule has 4 N–H and O–H groups in total. The van der Waals surface area contributed by atoms with Crippen LogP contribution in [0.2, 0.25) is 6.04 Å². The SMILES string of the molecule is CCO[Si](CCCNCCS(=O)(=O)c1ccc(-n2nc(C)c(/N=N/c3ccc4c(S(=O)(=O)O)cc(S(=O)(=O)O)cc4c3)c2O)cc1)(OCC)OCC. The molecule has 0 saturated heterocycles. The summed E-state index contributed by atoms with van der Waals surface area (Å²) in [6, 6.07) is 11.9. The molecule has 284 valence electrons. The summed E-state index contributed by atoms with van der Waals surface area (Å²) in [6.07, 6.45) is 0.688. The Balaban J connectivity index is 1.44. The zero-order chi connectivity index (χ0) is 38.3. The van der Waals surface area contributed by atoms with Gasteiger partial charge in [0.25, 0.3) is 20.2 Å². The van der Waals surface area contributed by atoms with Crippen molar-refractivity contribution in [2.24, 2.45) is 10.2 Å². The lowest BCUT2D eigenvalue weighted by Gasteiger charge is -2.28. The summed E-state index contributed by atoms with van der Waals surface area (Å²) < 4.78 is 111. The average molecular weight is 800 g/mol. The highest BCUT2D eigenvalue weighted by atomic mass is 32.2. The number of aryl methyl sites for hydroxylation is 1. The lowest BCUT2D eigenvalue weighted by Crippen LogP contribution is -2.46. The monoisotopic (exact) mass is 799 g/mol. The molecule has 0 unspecified atom stereocenters. The molecular formula is C31H41N5O12S3Si. The molecule has 0 aliphatic rings. The Morgan fingerprint density at radius 1 is 0.808 bits per heavy atom. The lowest BCUT2D eigenvalue weighted by molar-refractivity contribution is 0.0708. The minimum Gasteiger partial charge on any atom is -0.492 e. The number of sulfone groups is 1. The summed E-state index contributed by atoms with van der Waals surface area (Å²) in [6.45, 7) is 9.44. The fourth-order valence-electron chi connectivity index (χ4n) is 5.31. The number of nitrogens with one attached hydrogen (secondary N) is 1. The van der Waals surface area contributed by atoms with E-state index < -0.39 is 54.5 Å². The fourth-order valence-corrected chi connectivity index (χ4v) is 10.5. The second kappa shape index (κ2) is 17.0. The molecule has 21 heteroatoms. The molecule has 0 amide bonds. The maximum atomic E-state index is 13.0. The van der Waals surface area contributed by atoms with E-state index in [1.54, 1.807) is 6.92 Å². The Bertz CT molecular complexity index is 2230. The predicted octanol–water partition coefficient (Wildman–Crippen LogP) is 4.75. The zero-order valence-electron chi connectivity index (χ0n) is 28.9. The zero-order valence-corrected chi connectivity index (χ0v) is 32.3. The van der Waals surface area contributed by atoms with Crippen LogP contribution in [0.4, 0.5) is 11.4 Å². The summed E-state index contributed by atoms with van der Waals surface area (Å²) in [4.78, 5) is -1.41. The molecular weight excluding hydrogens is 759 g/mol. The second-order valence-corrected chi connectivity index (χ2v) is 18.9. The summed E-state index contributed by atoms with van der Waals surface area (Å²) in [5, 5.41) is 26.4. The van der Waals surface area contributed by atoms with Crippen molar-refractivity contribution in [3.63, 3.8) is 0 Å². The average Bonchev–Trinajstić information content (AvgIpc) is 3.36. The number of fused-ring (bicyclic) bond motifs is 1. The molecule has 0 radical (unpaired) electrons. The first-order valence-electron chi connectivity index (χ1n) is 16.1. The number of hydrogen-bond donors (Lipinski definition) is 4. The number of aromatic hydroxyl groups is 1. The highest BCUT2D eigenvalue weighted by Crippen LogP contribution is 2.35. The van der Waals surface area contributed by atoms with Crippen LogP contribution in [0.25, 0.3) is 16.5 Å². The Hall–Kier alpha value is -3.64. The second-order valence-electron chi connectivity index (χ2n) is 11.3. The molecule has 0 bridgehead atoms. The van der Waals surface area contributed by atoms with Crippen molar-refractivity contribution in [1.82, 2.24) is 15.1 Å². The Morgan fingerprint density at radius 3 is 2.02 bits per heavy atom. The topological polar surface area (TPSA) is 245 Å². The van der Waals surface area contributed by atoms with E-state index in [1.807, 2.05) is 20.8 Å². The van der Waals surface area contributed by atoms with Gasteiger partial charge in [-0.25, -0.2) is 8.42 Å². The van der Waals surface area contributed by atoms with Crippen LogP contribution < -0.4 is 5.32 Å². The summed E-state index contributed by atoms with van der Waals surface area (Å²) in [5.41, 5.74) is 0.673. The van der Waals surface area contributed by atoms with E-state index in [0.29, 0.717) is 50.6 Å². The van der Waals surface area contributed by atoms with E-state index in [4.69, 9.17) is 13.3 Å². The van der Waals surface area contributed by atoms with Gasteiger partial charge in [0.05, 0.1) is 32.6 Å². The quantitative estimate of drug-likeness (QED) is 0.0433. The van der Waals surface area contributed by atoms with Gasteiger partial charge < -0.3 is 23.7 Å². The normalized spacial score (nSPS) is 13.0. The van der Waals surface area contributed by atoms with E-state index in [-0.39, 0.29) is 45.0 Å². The number of hydrogen-bond acceptors (Lipinski definition) is 14. The molecule has 0 aliphatic heterocycles. The van der Waals surface area contributed by atoms with Crippen molar-refractivity contribution in [3.8, 4) is 11.6 Å². The van der Waals surface area contributed by atoms with Crippen molar-refractivity contribution in [2.45, 2.75) is 54.8 Å². The van der Waals surface area contributed by atoms with Crippen molar-refractivity contribution in [1.29, 1.82) is 0 Å². The number of azo groups is 1. The molecule has 0 fully saturated rings. The fraction of sp³-hybridized carbons (Fsp3) is 0.387. The van der Waals surface area contributed by atoms with Crippen LogP contribution in [0.5, 0.6) is 5.88 Å². The van der Waals surface area contributed by atoms with Crippen molar-refractivity contribution >= 4 is 61.0 Å². The minimum absolute atomic E-state index is 0.00625. The Kier molecular flexibility index (Phi) is 13.4. The number of nitrogens with zero attached hydrogens (tertiary/aromatic N) is 4. The first-order valence-corrected chi connectivity index (χ1v) is 22.6. The highest BCUT2D eigenvalue weighted by Gasteiger charge is 2.39. The Morgan fingerprint density at radius 2 is 1.44 bits per heavy atom. The van der Waals surface area contributed by atoms with Crippen molar-refractivity contribution in [3.05, 3.63) is 60.3 Å². The van der Waals surface area contributed by atoms with Gasteiger partial charge in [-0.3, -0.25) is 9.11 Å². The number of benzene rings is 3. The van der Waals surface area contributed by atoms with Crippen LogP contribution in [-0.2, 0) is 43.4 Å². The molecule has 1 heterocycles. The highest BCUT2D eigenvalue weighted by molar-refractivity contribution is 7.91. The number of rotatable bonds is 19. The van der Waals surface area contributed by atoms with Crippen LogP contribution in [-0.4, -0.2) is 96.7 Å². The largest absolute Gasteiger partial charge is 0.500 e. The lowest BCUT2D eigenvalue weighted by atomic mass is 10.1. The molecule has 1 aromatic heterocycles. The molecule has 4 aromatic rings. The third-order valence-electron chi connectivity index (χ3n) is 7.64. The maximum Gasteiger partial charge on any atom is 0.500 e. The van der Waals surface area contributed by atoms with E-state index >= 15 is 0 Å². The van der Waals surface area contributed by atoms with Crippen molar-refractivity contribution < 1.29 is 52.7 Å². The van der Waals surface area contributed by atoms with Gasteiger partial charge in [0.1, 0.15) is 4.90 Å². The van der Waals surface area contributed by atoms with Gasteiger partial charge in [-0.2, -0.15) is 31.7 Å². The van der Waals surface area contributed by atoms with Gasteiger partial charge in [0.15, 0.2) is 15.5 Å². The summed E-state index contributed by atoms with van der Waals surface area (Å²) >= 11 is 0. The third-order valence-corrected chi connectivity index (χ3v) is 14.2. The summed E-state index contributed by atoms with van der Waals surface area (Å²) in [5.74, 6) is -0.550. The van der Waals surface area contributed by atoms with Gasteiger partial charge in [-0.1, -0.05) is 6.07 Å². The number of aromatic nitrogens is 2.